The Kier molecular flexibility index (Phi) is 4.18. The van der Waals surface area contributed by atoms with E-state index in [4.69, 9.17) is 4.74 Å². The van der Waals surface area contributed by atoms with Gasteiger partial charge in [-0.25, -0.2) is 0 Å². The summed E-state index contributed by atoms with van der Waals surface area (Å²) in [6.45, 7) is 2.32. The number of rotatable bonds is 3. The van der Waals surface area contributed by atoms with Crippen molar-refractivity contribution in [2.24, 2.45) is 0 Å². The number of fused-ring (bicyclic) bond motifs is 1. The molecule has 0 radical (unpaired) electrons. The largest absolute Gasteiger partial charge is 0.372 e. The van der Waals surface area contributed by atoms with Gasteiger partial charge in [-0.3, -0.25) is 9.48 Å². The van der Waals surface area contributed by atoms with Crippen LogP contribution < -0.4 is 0 Å². The van der Waals surface area contributed by atoms with Crippen molar-refractivity contribution < 1.29 is 9.53 Å². The number of nitrogens with zero attached hydrogens (tertiary/aromatic N) is 3. The SMILES string of the molecule is O=C(C[C@@H]1OCCc2ccsc21)N1CCC[C@@H](n2cccn2)C1. The van der Waals surface area contributed by atoms with E-state index >= 15 is 0 Å². The predicted molar refractivity (Wildman–Crippen MR) is 88.4 cm³/mol. The Balaban J connectivity index is 1.42. The van der Waals surface area contributed by atoms with Crippen molar-refractivity contribution in [3.05, 3.63) is 40.3 Å². The standard InChI is InChI=1S/C17H21N3O2S/c21-16(11-15-17-13(4-9-22-15)5-10-23-17)19-7-1-3-14(12-19)20-8-2-6-18-20/h2,5-6,8,10,14-15H,1,3-4,7,9,11-12H2/t14-,15+/m1/s1. The molecule has 4 rings (SSSR count). The molecule has 0 unspecified atom stereocenters. The zero-order valence-electron chi connectivity index (χ0n) is 13.1. The molecule has 2 aromatic rings. The van der Waals surface area contributed by atoms with Crippen LogP contribution in [0, 0.1) is 0 Å². The molecule has 4 heterocycles. The molecule has 0 bridgehead atoms. The van der Waals surface area contributed by atoms with Gasteiger partial charge >= 0.3 is 0 Å². The number of hydrogen-bond donors (Lipinski definition) is 0. The topological polar surface area (TPSA) is 47.4 Å². The van der Waals surface area contributed by atoms with Gasteiger partial charge in [-0.15, -0.1) is 11.3 Å². The summed E-state index contributed by atoms with van der Waals surface area (Å²) < 4.78 is 7.85. The summed E-state index contributed by atoms with van der Waals surface area (Å²) >= 11 is 1.71. The van der Waals surface area contributed by atoms with Gasteiger partial charge in [0.1, 0.15) is 6.10 Å². The van der Waals surface area contributed by atoms with Crippen molar-refractivity contribution in [1.29, 1.82) is 0 Å². The molecule has 122 valence electrons. The van der Waals surface area contributed by atoms with Crippen LogP contribution in [-0.2, 0) is 16.0 Å². The molecule has 2 aliphatic rings. The lowest BCUT2D eigenvalue weighted by Crippen LogP contribution is -2.41. The minimum absolute atomic E-state index is 0.0590. The smallest absolute Gasteiger partial charge is 0.225 e. The zero-order chi connectivity index (χ0) is 15.6. The van der Waals surface area contributed by atoms with E-state index in [2.05, 4.69) is 16.5 Å². The molecular weight excluding hydrogens is 310 g/mol. The van der Waals surface area contributed by atoms with Crippen LogP contribution in [0.25, 0.3) is 0 Å². The van der Waals surface area contributed by atoms with Crippen LogP contribution in [0.3, 0.4) is 0 Å². The van der Waals surface area contributed by atoms with Gasteiger partial charge in [-0.1, -0.05) is 0 Å². The second kappa shape index (κ2) is 6.45. The molecule has 2 aliphatic heterocycles. The highest BCUT2D eigenvalue weighted by molar-refractivity contribution is 7.10. The minimum Gasteiger partial charge on any atom is -0.372 e. The number of piperidine rings is 1. The first-order chi connectivity index (χ1) is 11.3. The van der Waals surface area contributed by atoms with Gasteiger partial charge < -0.3 is 9.64 Å². The molecule has 2 aromatic heterocycles. The van der Waals surface area contributed by atoms with Crippen molar-refractivity contribution in [3.8, 4) is 0 Å². The number of likely N-dealkylation sites (tertiary alicyclic amines) is 1. The normalized spacial score (nSPS) is 24.4. The number of hydrogen-bond acceptors (Lipinski definition) is 4. The third-order valence-corrected chi connectivity index (χ3v) is 5.82. The fraction of sp³-hybridized carbons (Fsp3) is 0.529. The molecule has 1 saturated heterocycles. The Morgan fingerprint density at radius 2 is 2.43 bits per heavy atom. The number of carbonyl (C=O) groups excluding carboxylic acids is 1. The van der Waals surface area contributed by atoms with Crippen LogP contribution in [0.1, 0.15) is 41.8 Å². The molecule has 0 aromatic carbocycles. The third kappa shape index (κ3) is 3.05. The quantitative estimate of drug-likeness (QED) is 0.869. The predicted octanol–water partition coefficient (Wildman–Crippen LogP) is 2.81. The van der Waals surface area contributed by atoms with E-state index in [1.165, 1.54) is 10.4 Å². The maximum atomic E-state index is 12.7. The minimum atomic E-state index is -0.0590. The van der Waals surface area contributed by atoms with Gasteiger partial charge in [-0.2, -0.15) is 5.10 Å². The number of ether oxygens (including phenoxy) is 1. The molecule has 0 saturated carbocycles. The highest BCUT2D eigenvalue weighted by Gasteiger charge is 2.29. The highest BCUT2D eigenvalue weighted by Crippen LogP contribution is 2.34. The second-order valence-corrected chi connectivity index (χ2v) is 7.19. The van der Waals surface area contributed by atoms with E-state index in [0.717, 1.165) is 39.0 Å². The lowest BCUT2D eigenvalue weighted by atomic mass is 10.0. The summed E-state index contributed by atoms with van der Waals surface area (Å²) in [6, 6.07) is 4.40. The van der Waals surface area contributed by atoms with Crippen LogP contribution >= 0.6 is 11.3 Å². The Morgan fingerprint density at radius 3 is 3.30 bits per heavy atom. The lowest BCUT2D eigenvalue weighted by Gasteiger charge is -2.34. The third-order valence-electron chi connectivity index (χ3n) is 4.77. The monoisotopic (exact) mass is 331 g/mol. The summed E-state index contributed by atoms with van der Waals surface area (Å²) in [5, 5.41) is 6.43. The molecule has 1 amide bonds. The van der Waals surface area contributed by atoms with E-state index in [9.17, 15) is 4.79 Å². The van der Waals surface area contributed by atoms with E-state index < -0.39 is 0 Å². The molecule has 0 spiro atoms. The van der Waals surface area contributed by atoms with Crippen molar-refractivity contribution in [2.75, 3.05) is 19.7 Å². The zero-order valence-corrected chi connectivity index (χ0v) is 13.9. The molecular formula is C17H21N3O2S. The molecule has 1 fully saturated rings. The molecule has 0 N–H and O–H groups in total. The lowest BCUT2D eigenvalue weighted by molar-refractivity contribution is -0.136. The first-order valence-corrected chi connectivity index (χ1v) is 9.14. The van der Waals surface area contributed by atoms with Crippen LogP contribution in [0.2, 0.25) is 0 Å². The molecule has 6 heteroatoms. The van der Waals surface area contributed by atoms with Crippen LogP contribution in [0.4, 0.5) is 0 Å². The summed E-state index contributed by atoms with van der Waals surface area (Å²) in [7, 11) is 0. The van der Waals surface area contributed by atoms with Gasteiger partial charge in [0.25, 0.3) is 0 Å². The molecule has 5 nitrogen and oxygen atoms in total. The first-order valence-electron chi connectivity index (χ1n) is 8.26. The summed E-state index contributed by atoms with van der Waals surface area (Å²) in [4.78, 5) is 16.0. The molecule has 0 aliphatic carbocycles. The van der Waals surface area contributed by atoms with Gasteiger partial charge in [0.2, 0.25) is 5.91 Å². The maximum absolute atomic E-state index is 12.7. The summed E-state index contributed by atoms with van der Waals surface area (Å²) in [5.41, 5.74) is 1.35. The number of carbonyl (C=O) groups is 1. The van der Waals surface area contributed by atoms with Crippen molar-refractivity contribution in [3.63, 3.8) is 0 Å². The van der Waals surface area contributed by atoms with Crippen molar-refractivity contribution in [1.82, 2.24) is 14.7 Å². The Hall–Kier alpha value is -1.66. The average Bonchev–Trinajstić information content (AvgIpc) is 3.27. The summed E-state index contributed by atoms with van der Waals surface area (Å²) in [6.07, 6.45) is 7.27. The highest BCUT2D eigenvalue weighted by atomic mass is 32.1. The number of aromatic nitrogens is 2. The second-order valence-electron chi connectivity index (χ2n) is 6.25. The van der Waals surface area contributed by atoms with Crippen molar-refractivity contribution >= 4 is 17.2 Å². The number of thiophene rings is 1. The van der Waals surface area contributed by atoms with Crippen molar-refractivity contribution in [2.45, 2.75) is 37.8 Å². The fourth-order valence-corrected chi connectivity index (χ4v) is 4.56. The fourth-order valence-electron chi connectivity index (χ4n) is 3.56. The Labute approximate surface area is 139 Å². The van der Waals surface area contributed by atoms with Gasteiger partial charge in [0.05, 0.1) is 19.1 Å². The number of amides is 1. The van der Waals surface area contributed by atoms with Crippen LogP contribution in [0.5, 0.6) is 0 Å². The Bertz CT molecular complexity index is 667. The van der Waals surface area contributed by atoms with E-state index in [-0.39, 0.29) is 12.0 Å². The van der Waals surface area contributed by atoms with E-state index in [0.29, 0.717) is 12.5 Å². The van der Waals surface area contributed by atoms with Crippen LogP contribution in [-0.4, -0.2) is 40.3 Å². The van der Waals surface area contributed by atoms with Crippen LogP contribution in [0.15, 0.2) is 29.9 Å². The summed E-state index contributed by atoms with van der Waals surface area (Å²) in [5.74, 6) is 0.202. The average molecular weight is 331 g/mol. The Morgan fingerprint density at radius 1 is 1.48 bits per heavy atom. The van der Waals surface area contributed by atoms with Gasteiger partial charge in [0, 0.05) is 30.4 Å². The van der Waals surface area contributed by atoms with Gasteiger partial charge in [-0.05, 0) is 42.3 Å². The van der Waals surface area contributed by atoms with Gasteiger partial charge in [0.15, 0.2) is 0 Å². The maximum Gasteiger partial charge on any atom is 0.225 e. The molecule has 23 heavy (non-hydrogen) atoms. The van der Waals surface area contributed by atoms with E-state index in [1.54, 1.807) is 17.5 Å². The molecule has 2 atom stereocenters. The van der Waals surface area contributed by atoms with E-state index in [1.807, 2.05) is 21.8 Å². The first kappa shape index (κ1) is 14.9.